The van der Waals surface area contributed by atoms with E-state index in [1.807, 2.05) is 36.4 Å². The molecule has 3 rings (SSSR count). The van der Waals surface area contributed by atoms with E-state index in [2.05, 4.69) is 6.07 Å². The minimum atomic E-state index is -0.736. The standard InChI is InChI=1S/C17H17BO4/c1-20-16-7-6-14(9-17(16)21-2)12-4-3-5-13(8-12)15-10-18(19)22-11-15/h3-9,11,19H,10H2,1-2H3. The fourth-order valence-electron chi connectivity index (χ4n) is 2.55. The zero-order valence-electron chi connectivity index (χ0n) is 12.6. The van der Waals surface area contributed by atoms with Crippen LogP contribution in [-0.4, -0.2) is 26.4 Å². The van der Waals surface area contributed by atoms with Gasteiger partial charge in [0, 0.05) is 6.32 Å². The second kappa shape index (κ2) is 6.16. The van der Waals surface area contributed by atoms with Crippen LogP contribution in [0.1, 0.15) is 5.56 Å². The third kappa shape index (κ3) is 2.80. The Morgan fingerprint density at radius 3 is 2.36 bits per heavy atom. The van der Waals surface area contributed by atoms with Gasteiger partial charge in [-0.3, -0.25) is 0 Å². The monoisotopic (exact) mass is 296 g/mol. The second-order valence-electron chi connectivity index (χ2n) is 5.09. The van der Waals surface area contributed by atoms with Gasteiger partial charge in [0.25, 0.3) is 0 Å². The molecule has 0 atom stereocenters. The van der Waals surface area contributed by atoms with Gasteiger partial charge < -0.3 is 19.2 Å². The minimum Gasteiger partial charge on any atom is -0.542 e. The molecule has 1 aliphatic heterocycles. The molecule has 0 saturated carbocycles. The van der Waals surface area contributed by atoms with Crippen molar-refractivity contribution in [1.82, 2.24) is 0 Å². The van der Waals surface area contributed by atoms with Gasteiger partial charge in [0.15, 0.2) is 11.5 Å². The van der Waals surface area contributed by atoms with Crippen molar-refractivity contribution in [1.29, 1.82) is 0 Å². The Balaban J connectivity index is 1.95. The van der Waals surface area contributed by atoms with Crippen molar-refractivity contribution in [2.24, 2.45) is 0 Å². The molecule has 5 heteroatoms. The van der Waals surface area contributed by atoms with Gasteiger partial charge in [0.2, 0.25) is 0 Å². The molecule has 1 heterocycles. The van der Waals surface area contributed by atoms with Crippen molar-refractivity contribution in [3.63, 3.8) is 0 Å². The van der Waals surface area contributed by atoms with E-state index in [-0.39, 0.29) is 0 Å². The van der Waals surface area contributed by atoms with Crippen molar-refractivity contribution < 1.29 is 19.2 Å². The molecule has 0 radical (unpaired) electrons. The summed E-state index contributed by atoms with van der Waals surface area (Å²) in [7, 11) is 2.51. The van der Waals surface area contributed by atoms with Gasteiger partial charge in [-0.25, -0.2) is 0 Å². The van der Waals surface area contributed by atoms with E-state index in [0.29, 0.717) is 17.8 Å². The smallest absolute Gasteiger partial charge is 0.526 e. The molecule has 112 valence electrons. The molecule has 1 aliphatic rings. The Morgan fingerprint density at radius 1 is 0.955 bits per heavy atom. The van der Waals surface area contributed by atoms with Crippen LogP contribution < -0.4 is 9.47 Å². The normalized spacial score (nSPS) is 13.6. The summed E-state index contributed by atoms with van der Waals surface area (Å²) in [5, 5.41) is 9.47. The molecule has 0 spiro atoms. The summed E-state index contributed by atoms with van der Waals surface area (Å²) in [4.78, 5) is 0. The van der Waals surface area contributed by atoms with E-state index in [1.165, 1.54) is 0 Å². The van der Waals surface area contributed by atoms with Crippen molar-refractivity contribution in [3.8, 4) is 22.6 Å². The lowest BCUT2D eigenvalue weighted by Gasteiger charge is -2.10. The van der Waals surface area contributed by atoms with Crippen LogP contribution in [0.25, 0.3) is 16.7 Å². The van der Waals surface area contributed by atoms with E-state index in [4.69, 9.17) is 14.1 Å². The summed E-state index contributed by atoms with van der Waals surface area (Å²) < 4.78 is 15.7. The first-order chi connectivity index (χ1) is 10.7. The van der Waals surface area contributed by atoms with Gasteiger partial charge in [0.1, 0.15) is 0 Å². The third-order valence-electron chi connectivity index (χ3n) is 3.71. The Morgan fingerprint density at radius 2 is 1.68 bits per heavy atom. The Bertz CT molecular complexity index is 712. The summed E-state index contributed by atoms with van der Waals surface area (Å²) in [5.74, 6) is 1.40. The number of ether oxygens (including phenoxy) is 2. The molecule has 0 aliphatic carbocycles. The van der Waals surface area contributed by atoms with Gasteiger partial charge in [-0.05, 0) is 40.5 Å². The number of hydrogen-bond acceptors (Lipinski definition) is 4. The van der Waals surface area contributed by atoms with E-state index >= 15 is 0 Å². The molecular formula is C17H17BO4. The lowest BCUT2D eigenvalue weighted by molar-refractivity contribution is 0.355. The lowest BCUT2D eigenvalue weighted by atomic mass is 9.81. The summed E-state index contributed by atoms with van der Waals surface area (Å²) >= 11 is 0. The number of methoxy groups -OCH3 is 2. The molecule has 0 unspecified atom stereocenters. The molecule has 0 amide bonds. The average Bonchev–Trinajstić information content (AvgIpc) is 3.01. The molecule has 0 saturated heterocycles. The quantitative estimate of drug-likeness (QED) is 0.880. The lowest BCUT2D eigenvalue weighted by Crippen LogP contribution is -2.08. The highest BCUT2D eigenvalue weighted by molar-refractivity contribution is 6.47. The molecule has 22 heavy (non-hydrogen) atoms. The predicted molar refractivity (Wildman–Crippen MR) is 86.8 cm³/mol. The molecule has 4 nitrogen and oxygen atoms in total. The summed E-state index contributed by atoms with van der Waals surface area (Å²) in [6, 6.07) is 14.0. The van der Waals surface area contributed by atoms with Crippen LogP contribution in [0.3, 0.4) is 0 Å². The minimum absolute atomic E-state index is 0.509. The maximum absolute atomic E-state index is 9.47. The van der Waals surface area contributed by atoms with Gasteiger partial charge in [-0.1, -0.05) is 24.3 Å². The largest absolute Gasteiger partial charge is 0.542 e. The SMILES string of the molecule is COc1ccc(-c2cccc(C3=COB(O)C3)c2)cc1OC. The molecule has 1 N–H and O–H groups in total. The fourth-order valence-corrected chi connectivity index (χ4v) is 2.55. The second-order valence-corrected chi connectivity index (χ2v) is 5.09. The van der Waals surface area contributed by atoms with Gasteiger partial charge >= 0.3 is 7.12 Å². The maximum atomic E-state index is 9.47. The number of allylic oxidation sites excluding steroid dienone is 1. The van der Waals surface area contributed by atoms with Crippen LogP contribution in [0.4, 0.5) is 0 Å². The highest BCUT2D eigenvalue weighted by Gasteiger charge is 2.23. The number of rotatable bonds is 4. The summed E-state index contributed by atoms with van der Waals surface area (Å²) in [6.07, 6.45) is 2.13. The first kappa shape index (κ1) is 14.5. The van der Waals surface area contributed by atoms with Crippen LogP contribution in [0.5, 0.6) is 11.5 Å². The number of hydrogen-bond donors (Lipinski definition) is 1. The molecule has 0 fully saturated rings. The van der Waals surface area contributed by atoms with Crippen LogP contribution >= 0.6 is 0 Å². The molecular weight excluding hydrogens is 279 g/mol. The van der Waals surface area contributed by atoms with Crippen LogP contribution in [0.15, 0.2) is 48.7 Å². The fraction of sp³-hybridized carbons (Fsp3) is 0.176. The van der Waals surface area contributed by atoms with Gasteiger partial charge in [-0.15, -0.1) is 0 Å². The maximum Gasteiger partial charge on any atom is 0.526 e. The van der Waals surface area contributed by atoms with Crippen molar-refractivity contribution >= 4 is 12.7 Å². The average molecular weight is 296 g/mol. The van der Waals surface area contributed by atoms with E-state index in [1.54, 1.807) is 20.5 Å². The van der Waals surface area contributed by atoms with Crippen LogP contribution in [0.2, 0.25) is 6.32 Å². The summed E-state index contributed by atoms with van der Waals surface area (Å²) in [6.45, 7) is 0. The molecule has 0 bridgehead atoms. The zero-order valence-corrected chi connectivity index (χ0v) is 12.6. The van der Waals surface area contributed by atoms with E-state index in [0.717, 1.165) is 22.3 Å². The molecule has 2 aromatic rings. The topological polar surface area (TPSA) is 47.9 Å². The first-order valence-electron chi connectivity index (χ1n) is 7.06. The Hall–Kier alpha value is -2.40. The number of benzene rings is 2. The zero-order chi connectivity index (χ0) is 15.5. The van der Waals surface area contributed by atoms with Gasteiger partial charge in [-0.2, -0.15) is 0 Å². The predicted octanol–water partition coefficient (Wildman–Crippen LogP) is 3.22. The van der Waals surface area contributed by atoms with Crippen molar-refractivity contribution in [3.05, 3.63) is 54.3 Å². The summed E-state index contributed by atoms with van der Waals surface area (Å²) in [5.41, 5.74) is 4.15. The highest BCUT2D eigenvalue weighted by Crippen LogP contribution is 2.34. The third-order valence-corrected chi connectivity index (χ3v) is 3.71. The molecule has 0 aromatic heterocycles. The van der Waals surface area contributed by atoms with Crippen molar-refractivity contribution in [2.45, 2.75) is 6.32 Å². The van der Waals surface area contributed by atoms with Crippen molar-refractivity contribution in [2.75, 3.05) is 14.2 Å². The van der Waals surface area contributed by atoms with E-state index < -0.39 is 7.12 Å². The van der Waals surface area contributed by atoms with Gasteiger partial charge in [0.05, 0.1) is 20.5 Å². The first-order valence-corrected chi connectivity index (χ1v) is 7.06. The highest BCUT2D eigenvalue weighted by atomic mass is 16.5. The van der Waals surface area contributed by atoms with Crippen LogP contribution in [0, 0.1) is 0 Å². The van der Waals surface area contributed by atoms with Crippen LogP contribution in [-0.2, 0) is 4.65 Å². The Kier molecular flexibility index (Phi) is 4.07. The van der Waals surface area contributed by atoms with E-state index in [9.17, 15) is 5.02 Å². The Labute approximate surface area is 130 Å². The molecule has 2 aromatic carbocycles.